The normalized spacial score (nSPS) is 18.2. The van der Waals surface area contributed by atoms with Gasteiger partial charge >= 0.3 is 7.12 Å². The maximum Gasteiger partial charge on any atom is 0.494 e. The number of halogens is 1. The van der Waals surface area contributed by atoms with E-state index in [1.165, 1.54) is 6.92 Å². The lowest BCUT2D eigenvalue weighted by Crippen LogP contribution is -2.41. The zero-order chi connectivity index (χ0) is 22.8. The maximum absolute atomic E-state index is 11.1. The van der Waals surface area contributed by atoms with E-state index in [9.17, 15) is 4.79 Å². The van der Waals surface area contributed by atoms with Crippen molar-refractivity contribution in [3.63, 3.8) is 0 Å². The quantitative estimate of drug-likeness (QED) is 0.673. The highest BCUT2D eigenvalue weighted by atomic mass is 35.5. The van der Waals surface area contributed by atoms with E-state index in [1.54, 1.807) is 24.4 Å². The summed E-state index contributed by atoms with van der Waals surface area (Å²) in [4.78, 5) is 15.4. The zero-order valence-corrected chi connectivity index (χ0v) is 19.5. The molecule has 2 heterocycles. The number of carbonyl (C=O) groups is 1. The third-order valence-electron chi connectivity index (χ3n) is 5.46. The number of amides is 1. The van der Waals surface area contributed by atoms with Gasteiger partial charge in [-0.1, -0.05) is 29.8 Å². The van der Waals surface area contributed by atoms with E-state index in [4.69, 9.17) is 25.6 Å². The first-order valence-corrected chi connectivity index (χ1v) is 10.6. The monoisotopic (exact) mass is 442 g/mol. The fourth-order valence-corrected chi connectivity index (χ4v) is 3.24. The summed E-state index contributed by atoms with van der Waals surface area (Å²) in [6, 6.07) is 9.04. The molecular weight excluding hydrogens is 415 g/mol. The standard InChI is InChI=1S/C23H28BClN2O4/c1-15(27-16(2)28)7-8-17-9-12-21(26-14-17)29-20-11-10-18(13-19(20)25)24-30-22(3,4)23(5,6)31-24/h7-15H,1-6H3,(H,27,28)/b8-7+/t15-/m0/s1. The van der Waals surface area contributed by atoms with Gasteiger partial charge in [0.05, 0.1) is 16.2 Å². The molecule has 0 unspecified atom stereocenters. The average Bonchev–Trinajstić information content (AvgIpc) is 2.89. The minimum Gasteiger partial charge on any atom is -0.437 e. The van der Waals surface area contributed by atoms with E-state index < -0.39 is 18.3 Å². The first kappa shape index (κ1) is 23.3. The van der Waals surface area contributed by atoms with E-state index >= 15 is 0 Å². The summed E-state index contributed by atoms with van der Waals surface area (Å²) in [5.74, 6) is 0.856. The predicted molar refractivity (Wildman–Crippen MR) is 124 cm³/mol. The molecule has 6 nitrogen and oxygen atoms in total. The van der Waals surface area contributed by atoms with Crippen molar-refractivity contribution < 1.29 is 18.8 Å². The van der Waals surface area contributed by atoms with Crippen molar-refractivity contribution in [3.8, 4) is 11.6 Å². The van der Waals surface area contributed by atoms with Crippen molar-refractivity contribution in [1.29, 1.82) is 0 Å². The number of hydrogen-bond donors (Lipinski definition) is 1. The van der Waals surface area contributed by atoms with Crippen LogP contribution in [0.25, 0.3) is 6.08 Å². The molecule has 2 aromatic rings. The van der Waals surface area contributed by atoms with Crippen LogP contribution in [0.4, 0.5) is 0 Å². The molecule has 0 aliphatic carbocycles. The molecule has 1 aromatic heterocycles. The molecule has 1 amide bonds. The second-order valence-corrected chi connectivity index (χ2v) is 9.07. The highest BCUT2D eigenvalue weighted by molar-refractivity contribution is 6.62. The van der Waals surface area contributed by atoms with E-state index in [2.05, 4.69) is 10.3 Å². The van der Waals surface area contributed by atoms with Gasteiger partial charge in [0.25, 0.3) is 0 Å². The molecule has 1 aliphatic rings. The predicted octanol–water partition coefficient (Wildman–Crippen LogP) is 4.36. The van der Waals surface area contributed by atoms with Gasteiger partial charge in [0, 0.05) is 25.2 Å². The Hall–Kier alpha value is -2.35. The van der Waals surface area contributed by atoms with Gasteiger partial charge in [0.2, 0.25) is 11.8 Å². The first-order valence-electron chi connectivity index (χ1n) is 10.2. The second kappa shape index (κ2) is 9.03. The largest absolute Gasteiger partial charge is 0.494 e. The summed E-state index contributed by atoms with van der Waals surface area (Å²) in [6.07, 6.45) is 5.48. The Labute approximate surface area is 189 Å². The van der Waals surface area contributed by atoms with E-state index in [-0.39, 0.29) is 11.9 Å². The molecule has 1 aliphatic heterocycles. The third kappa shape index (κ3) is 5.67. The van der Waals surface area contributed by atoms with Crippen LogP contribution in [-0.2, 0) is 14.1 Å². The van der Waals surface area contributed by atoms with Crippen LogP contribution in [-0.4, -0.2) is 35.3 Å². The zero-order valence-electron chi connectivity index (χ0n) is 18.7. The van der Waals surface area contributed by atoms with Gasteiger partial charge < -0.3 is 19.4 Å². The molecule has 164 valence electrons. The summed E-state index contributed by atoms with van der Waals surface area (Å²) in [6.45, 7) is 11.4. The van der Waals surface area contributed by atoms with Gasteiger partial charge in [-0.2, -0.15) is 0 Å². The van der Waals surface area contributed by atoms with Crippen LogP contribution in [0.1, 0.15) is 47.1 Å². The van der Waals surface area contributed by atoms with E-state index in [1.807, 2.05) is 58.9 Å². The molecule has 1 N–H and O–H groups in total. The van der Waals surface area contributed by atoms with Crippen LogP contribution in [0.2, 0.25) is 5.02 Å². The van der Waals surface area contributed by atoms with Crippen LogP contribution in [0.15, 0.2) is 42.6 Å². The number of hydrogen-bond acceptors (Lipinski definition) is 5. The molecule has 1 saturated heterocycles. The third-order valence-corrected chi connectivity index (χ3v) is 5.76. The number of nitrogens with one attached hydrogen (secondary N) is 1. The van der Waals surface area contributed by atoms with Crippen molar-refractivity contribution in [2.24, 2.45) is 0 Å². The Bertz CT molecular complexity index is 960. The lowest BCUT2D eigenvalue weighted by Gasteiger charge is -2.32. The fraction of sp³-hybridized carbons (Fsp3) is 0.391. The van der Waals surface area contributed by atoms with Gasteiger partial charge in [-0.3, -0.25) is 4.79 Å². The van der Waals surface area contributed by atoms with Gasteiger partial charge in [0.15, 0.2) is 0 Å². The summed E-state index contributed by atoms with van der Waals surface area (Å²) >= 11 is 6.45. The van der Waals surface area contributed by atoms with Gasteiger partial charge in [-0.25, -0.2) is 4.98 Å². The minimum atomic E-state index is -0.486. The topological polar surface area (TPSA) is 69.7 Å². The smallest absolute Gasteiger partial charge is 0.437 e. The molecule has 8 heteroatoms. The Kier molecular flexibility index (Phi) is 6.79. The van der Waals surface area contributed by atoms with Crippen LogP contribution < -0.4 is 15.5 Å². The van der Waals surface area contributed by atoms with Gasteiger partial charge in [-0.05, 0) is 63.8 Å². The van der Waals surface area contributed by atoms with Crippen molar-refractivity contribution >= 4 is 36.2 Å². The summed E-state index contributed by atoms with van der Waals surface area (Å²) < 4.78 is 18.0. The van der Waals surface area contributed by atoms with Crippen LogP contribution >= 0.6 is 11.6 Å². The molecule has 1 atom stereocenters. The first-order chi connectivity index (χ1) is 14.5. The van der Waals surface area contributed by atoms with Crippen LogP contribution in [0, 0.1) is 0 Å². The van der Waals surface area contributed by atoms with Gasteiger partial charge in [-0.15, -0.1) is 0 Å². The minimum absolute atomic E-state index is 0.0604. The second-order valence-electron chi connectivity index (χ2n) is 8.66. The average molecular weight is 443 g/mol. The van der Waals surface area contributed by atoms with Crippen molar-refractivity contribution in [2.75, 3.05) is 0 Å². The molecule has 1 fully saturated rings. The Balaban J connectivity index is 1.66. The SMILES string of the molecule is CC(=O)N[C@@H](C)/C=C/c1ccc(Oc2ccc(B3OC(C)(C)C(C)(C)O3)cc2Cl)nc1. The van der Waals surface area contributed by atoms with Crippen molar-refractivity contribution in [3.05, 3.63) is 53.2 Å². The molecule has 0 bridgehead atoms. The molecular formula is C23H28BClN2O4. The number of carbonyl (C=O) groups excluding carboxylic acids is 1. The molecule has 0 radical (unpaired) electrons. The molecule has 3 rings (SSSR count). The summed E-state index contributed by atoms with van der Waals surface area (Å²) in [7, 11) is -0.486. The lowest BCUT2D eigenvalue weighted by molar-refractivity contribution is -0.119. The van der Waals surface area contributed by atoms with E-state index in [0.29, 0.717) is 16.7 Å². The lowest BCUT2D eigenvalue weighted by atomic mass is 9.79. The van der Waals surface area contributed by atoms with E-state index in [0.717, 1.165) is 11.0 Å². The number of rotatable bonds is 6. The van der Waals surface area contributed by atoms with Crippen molar-refractivity contribution in [1.82, 2.24) is 10.3 Å². The number of nitrogens with zero attached hydrogens (tertiary/aromatic N) is 1. The Morgan fingerprint density at radius 3 is 2.42 bits per heavy atom. The van der Waals surface area contributed by atoms with Crippen molar-refractivity contribution in [2.45, 2.75) is 58.8 Å². The molecule has 0 spiro atoms. The van der Waals surface area contributed by atoms with Crippen LogP contribution in [0.5, 0.6) is 11.6 Å². The fourth-order valence-electron chi connectivity index (χ4n) is 3.01. The Morgan fingerprint density at radius 2 is 1.87 bits per heavy atom. The number of aromatic nitrogens is 1. The van der Waals surface area contributed by atoms with Crippen LogP contribution in [0.3, 0.4) is 0 Å². The highest BCUT2D eigenvalue weighted by Gasteiger charge is 2.51. The maximum atomic E-state index is 11.1. The Morgan fingerprint density at radius 1 is 1.19 bits per heavy atom. The molecule has 0 saturated carbocycles. The highest BCUT2D eigenvalue weighted by Crippen LogP contribution is 2.37. The van der Waals surface area contributed by atoms with Gasteiger partial charge in [0.1, 0.15) is 5.75 Å². The number of benzene rings is 1. The number of pyridine rings is 1. The molecule has 31 heavy (non-hydrogen) atoms. The summed E-state index contributed by atoms with van der Waals surface area (Å²) in [5.41, 5.74) is 0.892. The number of ether oxygens (including phenoxy) is 1. The summed E-state index contributed by atoms with van der Waals surface area (Å²) in [5, 5.41) is 3.24. The molecule has 1 aromatic carbocycles.